The van der Waals surface area contributed by atoms with Gasteiger partial charge in [0.15, 0.2) is 11.2 Å². The molecular formula is C66H69Cl2N5O4. The van der Waals surface area contributed by atoms with Crippen LogP contribution < -0.4 is 40.2 Å². The van der Waals surface area contributed by atoms with E-state index in [1.807, 2.05) is 131 Å². The van der Waals surface area contributed by atoms with E-state index < -0.39 is 40.7 Å². The van der Waals surface area contributed by atoms with Crippen LogP contribution in [0.5, 0.6) is 23.0 Å². The molecule has 0 saturated carbocycles. The molecule has 7 atom stereocenters. The molecule has 0 bridgehead atoms. The summed E-state index contributed by atoms with van der Waals surface area (Å²) in [5.74, 6) is 0.411. The normalized spacial score (nSPS) is 15.2. The lowest BCUT2D eigenvalue weighted by Crippen LogP contribution is -2.69. The Labute approximate surface area is 465 Å². The van der Waals surface area contributed by atoms with Gasteiger partial charge in [-0.2, -0.15) is 5.26 Å². The highest BCUT2D eigenvalue weighted by molar-refractivity contribution is 6.30. The number of hydrogen-bond acceptors (Lipinski definition) is 9. The van der Waals surface area contributed by atoms with Crippen LogP contribution >= 0.6 is 23.2 Å². The summed E-state index contributed by atoms with van der Waals surface area (Å²) in [7, 11) is 7.90. The Kier molecular flexibility index (Phi) is 19.5. The van der Waals surface area contributed by atoms with E-state index in [1.165, 1.54) is 0 Å². The van der Waals surface area contributed by atoms with Crippen LogP contribution in [0.2, 0.25) is 10.0 Å². The van der Waals surface area contributed by atoms with E-state index in [9.17, 15) is 5.26 Å². The standard InChI is InChI=1S/C66H69Cl2N5O4/c1-48-21-18-19-32-60(48)74-63(50-22-10-6-11-23-50)59(45-71-3)65(52-26-14-8-15-27-52,76-57-39-35-54(67)36-40-57)62(47-73-5)66(53-28-16-9-17-29-53,77-58-31-20-30-55(68)43-58)61(46-72-4)64(41-42-70-2,51-24-12-7-13-25-51)75-56-37-33-49(44-69)34-38-56/h6-40,43,59,61-63,70-73H,41-42,45-47H2,1-5H3. The monoisotopic (exact) mass is 1070 g/mol. The van der Waals surface area contributed by atoms with Crippen molar-refractivity contribution in [1.29, 1.82) is 5.26 Å². The van der Waals surface area contributed by atoms with Gasteiger partial charge in [0.25, 0.3) is 0 Å². The van der Waals surface area contributed by atoms with Gasteiger partial charge in [-0.05, 0) is 142 Å². The predicted octanol–water partition coefficient (Wildman–Crippen LogP) is 13.3. The van der Waals surface area contributed by atoms with Crippen LogP contribution in [0.3, 0.4) is 0 Å². The molecule has 0 aliphatic heterocycles. The molecule has 4 N–H and O–H groups in total. The Bertz CT molecular complexity index is 3100. The highest BCUT2D eigenvalue weighted by Gasteiger charge is 2.67. The van der Waals surface area contributed by atoms with Crippen molar-refractivity contribution < 1.29 is 18.9 Å². The molecule has 0 aromatic heterocycles. The Morgan fingerprint density at radius 3 is 1.57 bits per heavy atom. The van der Waals surface area contributed by atoms with Gasteiger partial charge in [0.1, 0.15) is 34.7 Å². The second-order valence-corrected chi connectivity index (χ2v) is 20.3. The minimum Gasteiger partial charge on any atom is -0.485 e. The lowest BCUT2D eigenvalue weighted by Gasteiger charge is -2.59. The number of nitriles is 1. The van der Waals surface area contributed by atoms with E-state index in [2.05, 4.69) is 137 Å². The van der Waals surface area contributed by atoms with Crippen molar-refractivity contribution in [3.8, 4) is 29.1 Å². The summed E-state index contributed by atoms with van der Waals surface area (Å²) >= 11 is 13.8. The molecule has 8 aromatic carbocycles. The molecule has 8 aromatic rings. The van der Waals surface area contributed by atoms with Gasteiger partial charge in [0.2, 0.25) is 0 Å². The minimum absolute atomic E-state index is 0.304. The molecule has 0 heterocycles. The quantitative estimate of drug-likeness (QED) is 0.0400. The molecule has 0 spiro atoms. The van der Waals surface area contributed by atoms with E-state index in [0.29, 0.717) is 65.5 Å². The number of para-hydroxylation sites is 1. The predicted molar refractivity (Wildman–Crippen MR) is 312 cm³/mol. The smallest absolute Gasteiger partial charge is 0.150 e. The van der Waals surface area contributed by atoms with Crippen LogP contribution in [0.25, 0.3) is 0 Å². The number of benzene rings is 8. The lowest BCUT2D eigenvalue weighted by molar-refractivity contribution is -0.202. The third kappa shape index (κ3) is 12.5. The van der Waals surface area contributed by atoms with Crippen LogP contribution in [-0.2, 0) is 16.8 Å². The Morgan fingerprint density at radius 1 is 0.481 bits per heavy atom. The second kappa shape index (κ2) is 26.8. The first-order valence-corrected chi connectivity index (χ1v) is 27.0. The minimum atomic E-state index is -1.51. The van der Waals surface area contributed by atoms with Crippen molar-refractivity contribution in [2.45, 2.75) is 36.3 Å². The maximum atomic E-state index is 10.0. The van der Waals surface area contributed by atoms with Gasteiger partial charge >= 0.3 is 0 Å². The molecule has 396 valence electrons. The van der Waals surface area contributed by atoms with Crippen LogP contribution in [0.1, 0.15) is 45.9 Å². The van der Waals surface area contributed by atoms with Crippen molar-refractivity contribution >= 4 is 23.2 Å². The molecule has 0 fully saturated rings. The Balaban J connectivity index is 1.62. The molecule has 77 heavy (non-hydrogen) atoms. The van der Waals surface area contributed by atoms with Gasteiger partial charge in [-0.3, -0.25) is 0 Å². The fourth-order valence-electron chi connectivity index (χ4n) is 11.3. The highest BCUT2D eigenvalue weighted by Crippen LogP contribution is 2.60. The average molecular weight is 1070 g/mol. The second-order valence-electron chi connectivity index (χ2n) is 19.4. The molecule has 11 heteroatoms. The Morgan fingerprint density at radius 2 is 1.00 bits per heavy atom. The maximum Gasteiger partial charge on any atom is 0.150 e. The number of aryl methyl sites for hydroxylation is 1. The summed E-state index contributed by atoms with van der Waals surface area (Å²) in [5, 5.41) is 25.8. The largest absolute Gasteiger partial charge is 0.485 e. The van der Waals surface area contributed by atoms with Crippen molar-refractivity contribution in [2.75, 3.05) is 54.4 Å². The van der Waals surface area contributed by atoms with Crippen molar-refractivity contribution in [1.82, 2.24) is 21.3 Å². The van der Waals surface area contributed by atoms with Gasteiger partial charge < -0.3 is 40.2 Å². The molecular weight excluding hydrogens is 998 g/mol. The zero-order valence-electron chi connectivity index (χ0n) is 44.5. The number of nitrogens with zero attached hydrogens (tertiary/aromatic N) is 1. The summed E-state index contributed by atoms with van der Waals surface area (Å²) in [4.78, 5) is 0. The molecule has 9 nitrogen and oxygen atoms in total. The fourth-order valence-corrected chi connectivity index (χ4v) is 11.6. The molecule has 0 radical (unpaired) electrons. The van der Waals surface area contributed by atoms with Crippen molar-refractivity contribution in [3.63, 3.8) is 0 Å². The zero-order chi connectivity index (χ0) is 54.1. The van der Waals surface area contributed by atoms with Gasteiger partial charge in [-0.1, -0.05) is 169 Å². The first-order chi connectivity index (χ1) is 37.6. The number of nitrogens with one attached hydrogen (secondary N) is 4. The third-order valence-electron chi connectivity index (χ3n) is 14.7. The van der Waals surface area contributed by atoms with Crippen LogP contribution in [0, 0.1) is 36.0 Å². The van der Waals surface area contributed by atoms with E-state index >= 15 is 0 Å². The van der Waals surface area contributed by atoms with E-state index in [4.69, 9.17) is 42.1 Å². The average Bonchev–Trinajstić information content (AvgIpc) is 3.56. The fraction of sp³-hybridized carbons (Fsp3) is 0.258. The number of ether oxygens (including phenoxy) is 4. The van der Waals surface area contributed by atoms with Crippen molar-refractivity contribution in [3.05, 3.63) is 262 Å². The molecule has 0 aliphatic rings. The molecule has 0 aliphatic carbocycles. The topological polar surface area (TPSA) is 109 Å². The number of rotatable bonds is 27. The first-order valence-electron chi connectivity index (χ1n) is 26.3. The van der Waals surface area contributed by atoms with Gasteiger partial charge in [0, 0.05) is 36.1 Å². The van der Waals surface area contributed by atoms with Gasteiger partial charge in [0.05, 0.1) is 29.4 Å². The molecule has 0 amide bonds. The summed E-state index contributed by atoms with van der Waals surface area (Å²) in [5.41, 5.74) is 0.898. The van der Waals surface area contributed by atoms with Crippen LogP contribution in [-0.4, -0.2) is 54.4 Å². The van der Waals surface area contributed by atoms with E-state index in [1.54, 1.807) is 12.1 Å². The maximum absolute atomic E-state index is 10.0. The highest BCUT2D eigenvalue weighted by atomic mass is 35.5. The first kappa shape index (κ1) is 56.1. The van der Waals surface area contributed by atoms with Crippen LogP contribution in [0.4, 0.5) is 0 Å². The van der Waals surface area contributed by atoms with E-state index in [0.717, 1.165) is 33.6 Å². The molecule has 8 rings (SSSR count). The summed E-state index contributed by atoms with van der Waals surface area (Å²) < 4.78 is 32.1. The van der Waals surface area contributed by atoms with Crippen LogP contribution in [0.15, 0.2) is 218 Å². The summed E-state index contributed by atoms with van der Waals surface area (Å²) in [6.45, 7) is 3.65. The Hall–Kier alpha value is -7.13. The number of halogens is 2. The van der Waals surface area contributed by atoms with Crippen molar-refractivity contribution in [2.24, 2.45) is 17.8 Å². The molecule has 7 unspecified atom stereocenters. The van der Waals surface area contributed by atoms with E-state index in [-0.39, 0.29) is 0 Å². The summed E-state index contributed by atoms with van der Waals surface area (Å²) in [6, 6.07) is 74.9. The summed E-state index contributed by atoms with van der Waals surface area (Å²) in [6.07, 6.45) is -0.212. The van der Waals surface area contributed by atoms with Gasteiger partial charge in [-0.25, -0.2) is 0 Å². The lowest BCUT2D eigenvalue weighted by atomic mass is 9.55. The third-order valence-corrected chi connectivity index (χ3v) is 15.2. The number of hydrogen-bond donors (Lipinski definition) is 4. The zero-order valence-corrected chi connectivity index (χ0v) is 46.0. The molecule has 0 saturated heterocycles. The SMILES string of the molecule is CNCCC(Oc1ccc(C#N)cc1)(c1ccccc1)C(CNC)C(Oc1cccc(Cl)c1)(c1ccccc1)C(CNC)C(Oc1ccc(Cl)cc1)(c1ccccc1)C(CNC)C(Oc1ccccc1C)c1ccccc1. The van der Waals surface area contributed by atoms with Gasteiger partial charge in [-0.15, -0.1) is 0 Å².